The van der Waals surface area contributed by atoms with Gasteiger partial charge in [0.1, 0.15) is 24.2 Å². The molecule has 8 nitrogen and oxygen atoms in total. The fraction of sp³-hybridized carbons (Fsp3) is 0.257. The Bertz CT molecular complexity index is 1700. The molecule has 0 spiro atoms. The van der Waals surface area contributed by atoms with Crippen LogP contribution in [0.3, 0.4) is 0 Å². The van der Waals surface area contributed by atoms with E-state index in [1.807, 2.05) is 75.4 Å². The molecule has 0 saturated carbocycles. The molecule has 0 heterocycles. The molecule has 0 aliphatic rings. The Morgan fingerprint density at radius 3 is 2.09 bits per heavy atom. The highest BCUT2D eigenvalue weighted by atomic mass is 79.9. The summed E-state index contributed by atoms with van der Waals surface area (Å²) in [5.74, 6) is -1.04. The Balaban J connectivity index is 1.79. The van der Waals surface area contributed by atoms with E-state index < -0.39 is 34.3 Å². The highest BCUT2D eigenvalue weighted by Crippen LogP contribution is 2.27. The Morgan fingerprint density at radius 2 is 1.50 bits per heavy atom. The third-order valence-corrected chi connectivity index (χ3v) is 9.40. The highest BCUT2D eigenvalue weighted by Gasteiger charge is 2.35. The summed E-state index contributed by atoms with van der Waals surface area (Å²) in [6.07, 6.45) is 0.198. The number of rotatable bonds is 14. The normalized spacial score (nSPS) is 12.0. The number of ether oxygens (including phenoxy) is 1. The van der Waals surface area contributed by atoms with Gasteiger partial charge in [-0.3, -0.25) is 13.9 Å². The van der Waals surface area contributed by atoms with Crippen molar-refractivity contribution in [2.45, 2.75) is 50.7 Å². The first-order valence-corrected chi connectivity index (χ1v) is 17.1. The minimum absolute atomic E-state index is 0.0372. The Kier molecular flexibility index (Phi) is 11.9. The number of carbonyl (C=O) groups is 2. The van der Waals surface area contributed by atoms with Crippen LogP contribution in [0.15, 0.2) is 112 Å². The van der Waals surface area contributed by atoms with E-state index in [9.17, 15) is 22.4 Å². The predicted molar refractivity (Wildman–Crippen MR) is 180 cm³/mol. The molecular formula is C35H37BrFN3O5S. The molecule has 4 aromatic rings. The van der Waals surface area contributed by atoms with Crippen LogP contribution in [0.1, 0.15) is 31.9 Å². The maximum absolute atomic E-state index is 14.4. The van der Waals surface area contributed by atoms with Gasteiger partial charge in [-0.15, -0.1) is 0 Å². The van der Waals surface area contributed by atoms with E-state index in [-0.39, 0.29) is 35.5 Å². The topological polar surface area (TPSA) is 96.0 Å². The second kappa shape index (κ2) is 15.9. The smallest absolute Gasteiger partial charge is 0.264 e. The lowest BCUT2D eigenvalue weighted by Gasteiger charge is -2.34. The molecule has 1 atom stereocenters. The van der Waals surface area contributed by atoms with Crippen LogP contribution in [0.25, 0.3) is 0 Å². The molecule has 46 heavy (non-hydrogen) atoms. The van der Waals surface area contributed by atoms with Gasteiger partial charge >= 0.3 is 0 Å². The third-order valence-electron chi connectivity index (χ3n) is 7.08. The van der Waals surface area contributed by atoms with Gasteiger partial charge in [-0.25, -0.2) is 12.8 Å². The van der Waals surface area contributed by atoms with Crippen LogP contribution >= 0.6 is 15.9 Å². The van der Waals surface area contributed by atoms with Crippen molar-refractivity contribution in [3.63, 3.8) is 0 Å². The second-order valence-electron chi connectivity index (χ2n) is 10.9. The van der Waals surface area contributed by atoms with E-state index in [2.05, 4.69) is 21.2 Å². The number of anilines is 1. The molecule has 0 aromatic heterocycles. The number of nitrogens with zero attached hydrogens (tertiary/aromatic N) is 2. The molecule has 0 fully saturated rings. The van der Waals surface area contributed by atoms with Crippen molar-refractivity contribution in [1.29, 1.82) is 0 Å². The maximum atomic E-state index is 14.4. The fourth-order valence-corrected chi connectivity index (χ4v) is 6.54. The minimum Gasteiger partial charge on any atom is -0.494 e. The molecule has 4 aromatic carbocycles. The van der Waals surface area contributed by atoms with Crippen molar-refractivity contribution in [2.24, 2.45) is 0 Å². The summed E-state index contributed by atoms with van der Waals surface area (Å²) in [7, 11) is -4.33. The summed E-state index contributed by atoms with van der Waals surface area (Å²) in [6.45, 7) is 5.29. The molecule has 4 rings (SSSR count). The van der Waals surface area contributed by atoms with Gasteiger partial charge in [0.05, 0.1) is 17.2 Å². The van der Waals surface area contributed by atoms with Gasteiger partial charge in [0, 0.05) is 23.5 Å². The molecule has 11 heteroatoms. The average molecular weight is 711 g/mol. The number of nitrogens with one attached hydrogen (secondary N) is 1. The first-order chi connectivity index (χ1) is 22.0. The summed E-state index contributed by atoms with van der Waals surface area (Å²) in [5, 5.41) is 2.93. The van der Waals surface area contributed by atoms with Crippen molar-refractivity contribution < 1.29 is 27.1 Å². The van der Waals surface area contributed by atoms with E-state index in [1.165, 1.54) is 41.3 Å². The number of amides is 2. The Labute approximate surface area is 278 Å². The predicted octanol–water partition coefficient (Wildman–Crippen LogP) is 6.35. The van der Waals surface area contributed by atoms with E-state index in [0.717, 1.165) is 32.0 Å². The van der Waals surface area contributed by atoms with Gasteiger partial charge in [-0.05, 0) is 92.6 Å². The lowest BCUT2D eigenvalue weighted by molar-refractivity contribution is -0.140. The lowest BCUT2D eigenvalue weighted by atomic mass is 10.0. The van der Waals surface area contributed by atoms with Gasteiger partial charge in [-0.2, -0.15) is 0 Å². The quantitative estimate of drug-likeness (QED) is 0.165. The molecule has 0 aliphatic carbocycles. The molecule has 0 bridgehead atoms. The summed E-state index contributed by atoms with van der Waals surface area (Å²) >= 11 is 3.43. The van der Waals surface area contributed by atoms with E-state index in [0.29, 0.717) is 12.4 Å². The summed E-state index contributed by atoms with van der Waals surface area (Å²) in [5.41, 5.74) is 1.67. The highest BCUT2D eigenvalue weighted by molar-refractivity contribution is 9.10. The lowest BCUT2D eigenvalue weighted by Crippen LogP contribution is -2.54. The van der Waals surface area contributed by atoms with Crippen molar-refractivity contribution >= 4 is 43.5 Å². The molecule has 0 unspecified atom stereocenters. The zero-order chi connectivity index (χ0) is 33.3. The van der Waals surface area contributed by atoms with Crippen LogP contribution in [0.5, 0.6) is 5.75 Å². The number of halogens is 2. The number of hydrogen-bond donors (Lipinski definition) is 1. The van der Waals surface area contributed by atoms with Crippen molar-refractivity contribution in [3.05, 3.63) is 125 Å². The van der Waals surface area contributed by atoms with Gasteiger partial charge in [-0.1, -0.05) is 58.4 Å². The molecule has 242 valence electrons. The van der Waals surface area contributed by atoms with Crippen LogP contribution in [-0.2, 0) is 32.6 Å². The number of hydrogen-bond acceptors (Lipinski definition) is 5. The van der Waals surface area contributed by atoms with E-state index in [4.69, 9.17) is 4.74 Å². The third kappa shape index (κ3) is 9.17. The fourth-order valence-electron chi connectivity index (χ4n) is 4.86. The van der Waals surface area contributed by atoms with Crippen molar-refractivity contribution in [2.75, 3.05) is 17.5 Å². The molecule has 0 radical (unpaired) electrons. The van der Waals surface area contributed by atoms with Gasteiger partial charge < -0.3 is 15.0 Å². The molecule has 1 N–H and O–H groups in total. The van der Waals surface area contributed by atoms with Crippen LogP contribution < -0.4 is 14.4 Å². The van der Waals surface area contributed by atoms with Crippen LogP contribution in [0.2, 0.25) is 0 Å². The zero-order valence-corrected chi connectivity index (χ0v) is 28.3. The number of sulfonamides is 1. The number of carbonyl (C=O) groups excluding carboxylic acids is 2. The maximum Gasteiger partial charge on any atom is 0.264 e. The van der Waals surface area contributed by atoms with Crippen molar-refractivity contribution in [3.8, 4) is 5.75 Å². The average Bonchev–Trinajstić information content (AvgIpc) is 3.03. The van der Waals surface area contributed by atoms with Gasteiger partial charge in [0.2, 0.25) is 11.8 Å². The van der Waals surface area contributed by atoms with Crippen LogP contribution in [0.4, 0.5) is 10.1 Å². The molecular weight excluding hydrogens is 673 g/mol. The van der Waals surface area contributed by atoms with Crippen LogP contribution in [0, 0.1) is 5.82 Å². The largest absolute Gasteiger partial charge is 0.494 e. The molecule has 2 amide bonds. The summed E-state index contributed by atoms with van der Waals surface area (Å²) in [6, 6.07) is 26.2. The first kappa shape index (κ1) is 34.6. The SMILES string of the molecule is CCOc1ccc(S(=O)(=O)N(CC(=O)N(Cc2ccc(Br)cc2)[C@H](Cc2ccccc2)C(=O)NC(C)C)c2ccc(F)cc2)cc1. The van der Waals surface area contributed by atoms with Gasteiger partial charge in [0.25, 0.3) is 10.0 Å². The Morgan fingerprint density at radius 1 is 0.870 bits per heavy atom. The van der Waals surface area contributed by atoms with E-state index in [1.54, 1.807) is 0 Å². The van der Waals surface area contributed by atoms with Crippen molar-refractivity contribution in [1.82, 2.24) is 10.2 Å². The van der Waals surface area contributed by atoms with Crippen LogP contribution in [-0.4, -0.2) is 50.4 Å². The molecule has 0 saturated heterocycles. The van der Waals surface area contributed by atoms with Gasteiger partial charge in [0.15, 0.2) is 0 Å². The molecule has 0 aliphatic heterocycles. The second-order valence-corrected chi connectivity index (χ2v) is 13.7. The first-order valence-electron chi connectivity index (χ1n) is 14.9. The number of benzene rings is 4. The standard InChI is InChI=1S/C35H37BrFN3O5S/c1-4-45-31-18-20-32(21-19-31)46(43,44)40(30-16-14-29(37)15-17-30)24-34(41)39(23-27-10-12-28(36)13-11-27)33(35(42)38-25(2)3)22-26-8-6-5-7-9-26/h5-21,25,33H,4,22-24H2,1-3H3,(H,38,42)/t33-/m1/s1. The minimum atomic E-state index is -4.33. The monoisotopic (exact) mass is 709 g/mol. The zero-order valence-electron chi connectivity index (χ0n) is 25.9. The van der Waals surface area contributed by atoms with E-state index >= 15 is 0 Å². The summed E-state index contributed by atoms with van der Waals surface area (Å²) in [4.78, 5) is 29.5. The Hall–Kier alpha value is -4.22. The summed E-state index contributed by atoms with van der Waals surface area (Å²) < 4.78 is 49.4.